The van der Waals surface area contributed by atoms with E-state index in [1.807, 2.05) is 6.20 Å². The molecule has 0 saturated heterocycles. The highest BCUT2D eigenvalue weighted by Gasteiger charge is 2.27. The summed E-state index contributed by atoms with van der Waals surface area (Å²) < 4.78 is 2.38. The molecule has 0 amide bonds. The lowest BCUT2D eigenvalue weighted by atomic mass is 9.85. The molecule has 3 rings (SSSR count). The molecule has 2 unspecified atom stereocenters. The molecule has 2 heterocycles. The number of alkyl halides is 1. The lowest BCUT2D eigenvalue weighted by Gasteiger charge is -2.31. The minimum absolute atomic E-state index is 0.530. The summed E-state index contributed by atoms with van der Waals surface area (Å²) in [5, 5.41) is 0. The van der Waals surface area contributed by atoms with Gasteiger partial charge in [-0.25, -0.2) is 9.97 Å². The number of imidazole rings is 1. The standard InChI is InChI=1S/C16H22ClN3/c1-11-9-13-16(18-10-11)20(15(19-13)7-8-17)14-6-4-3-5-12(14)2/h9-10,12,14H,3-8H2,1-2H3. The van der Waals surface area contributed by atoms with E-state index in [-0.39, 0.29) is 0 Å². The molecule has 1 fully saturated rings. The topological polar surface area (TPSA) is 30.7 Å². The van der Waals surface area contributed by atoms with Gasteiger partial charge in [0.25, 0.3) is 0 Å². The Balaban J connectivity index is 2.12. The van der Waals surface area contributed by atoms with Crippen LogP contribution in [0.1, 0.15) is 50.0 Å². The Morgan fingerprint density at radius 1 is 1.35 bits per heavy atom. The number of aryl methyl sites for hydroxylation is 2. The fourth-order valence-corrected chi connectivity index (χ4v) is 3.59. The molecule has 0 aliphatic heterocycles. The van der Waals surface area contributed by atoms with Crippen LogP contribution in [0.15, 0.2) is 12.3 Å². The second-order valence-corrected chi connectivity index (χ2v) is 6.40. The van der Waals surface area contributed by atoms with Crippen LogP contribution >= 0.6 is 11.6 Å². The van der Waals surface area contributed by atoms with Crippen LogP contribution in [0, 0.1) is 12.8 Å². The van der Waals surface area contributed by atoms with Gasteiger partial charge in [-0.15, -0.1) is 11.6 Å². The first kappa shape index (κ1) is 13.9. The summed E-state index contributed by atoms with van der Waals surface area (Å²) in [7, 11) is 0. The highest BCUT2D eigenvalue weighted by atomic mass is 35.5. The third-order valence-corrected chi connectivity index (χ3v) is 4.64. The van der Waals surface area contributed by atoms with Crippen LogP contribution in [-0.4, -0.2) is 20.4 Å². The molecular weight excluding hydrogens is 270 g/mol. The van der Waals surface area contributed by atoms with E-state index >= 15 is 0 Å². The molecule has 0 spiro atoms. The summed E-state index contributed by atoms with van der Waals surface area (Å²) >= 11 is 5.97. The Kier molecular flexibility index (Phi) is 3.97. The van der Waals surface area contributed by atoms with Crippen LogP contribution in [0.25, 0.3) is 11.2 Å². The van der Waals surface area contributed by atoms with Crippen LogP contribution in [0.3, 0.4) is 0 Å². The minimum atomic E-state index is 0.530. The van der Waals surface area contributed by atoms with E-state index in [9.17, 15) is 0 Å². The quantitative estimate of drug-likeness (QED) is 0.791. The molecule has 2 atom stereocenters. The van der Waals surface area contributed by atoms with Crippen molar-refractivity contribution >= 4 is 22.8 Å². The molecule has 1 aliphatic rings. The molecule has 108 valence electrons. The van der Waals surface area contributed by atoms with Gasteiger partial charge >= 0.3 is 0 Å². The van der Waals surface area contributed by atoms with Gasteiger partial charge < -0.3 is 4.57 Å². The Morgan fingerprint density at radius 3 is 2.90 bits per heavy atom. The van der Waals surface area contributed by atoms with E-state index in [2.05, 4.69) is 29.5 Å². The maximum absolute atomic E-state index is 5.97. The largest absolute Gasteiger partial charge is 0.309 e. The van der Waals surface area contributed by atoms with Crippen molar-refractivity contribution < 1.29 is 0 Å². The number of rotatable bonds is 3. The molecule has 20 heavy (non-hydrogen) atoms. The number of pyridine rings is 1. The lowest BCUT2D eigenvalue weighted by molar-refractivity contribution is 0.257. The Bertz CT molecular complexity index is 605. The van der Waals surface area contributed by atoms with Gasteiger partial charge in [-0.05, 0) is 37.3 Å². The number of hydrogen-bond acceptors (Lipinski definition) is 2. The van der Waals surface area contributed by atoms with Crippen LogP contribution in [-0.2, 0) is 6.42 Å². The van der Waals surface area contributed by atoms with Crippen molar-refractivity contribution in [2.45, 2.75) is 52.0 Å². The third-order valence-electron chi connectivity index (χ3n) is 4.46. The molecule has 1 aliphatic carbocycles. The minimum Gasteiger partial charge on any atom is -0.309 e. The van der Waals surface area contributed by atoms with Crippen LogP contribution in [0.5, 0.6) is 0 Å². The van der Waals surface area contributed by atoms with E-state index < -0.39 is 0 Å². The zero-order valence-corrected chi connectivity index (χ0v) is 13.0. The smallest absolute Gasteiger partial charge is 0.160 e. The van der Waals surface area contributed by atoms with Crippen molar-refractivity contribution in [3.05, 3.63) is 23.7 Å². The number of fused-ring (bicyclic) bond motifs is 1. The van der Waals surface area contributed by atoms with Gasteiger partial charge in [-0.2, -0.15) is 0 Å². The Morgan fingerprint density at radius 2 is 2.15 bits per heavy atom. The van der Waals surface area contributed by atoms with Crippen molar-refractivity contribution in [1.29, 1.82) is 0 Å². The summed E-state index contributed by atoms with van der Waals surface area (Å²) in [6.07, 6.45) is 7.95. The van der Waals surface area contributed by atoms with Gasteiger partial charge in [-0.1, -0.05) is 19.8 Å². The highest BCUT2D eigenvalue weighted by molar-refractivity contribution is 6.17. The maximum Gasteiger partial charge on any atom is 0.160 e. The van der Waals surface area contributed by atoms with Crippen molar-refractivity contribution in [2.24, 2.45) is 5.92 Å². The van der Waals surface area contributed by atoms with Gasteiger partial charge in [0.2, 0.25) is 0 Å². The average Bonchev–Trinajstić information content (AvgIpc) is 2.77. The Hall–Kier alpha value is -1.09. The fourth-order valence-electron chi connectivity index (χ4n) is 3.42. The summed E-state index contributed by atoms with van der Waals surface area (Å²) in [6, 6.07) is 2.66. The molecule has 0 radical (unpaired) electrons. The van der Waals surface area contributed by atoms with Gasteiger partial charge in [0.15, 0.2) is 5.65 Å². The molecular formula is C16H22ClN3. The van der Waals surface area contributed by atoms with E-state index in [0.29, 0.717) is 17.8 Å². The molecule has 4 heteroatoms. The molecule has 3 nitrogen and oxygen atoms in total. The first-order chi connectivity index (χ1) is 9.70. The fraction of sp³-hybridized carbons (Fsp3) is 0.625. The second-order valence-electron chi connectivity index (χ2n) is 6.02. The molecule has 0 N–H and O–H groups in total. The van der Waals surface area contributed by atoms with E-state index in [4.69, 9.17) is 16.6 Å². The molecule has 1 saturated carbocycles. The van der Waals surface area contributed by atoms with Crippen LogP contribution < -0.4 is 0 Å². The number of hydrogen-bond donors (Lipinski definition) is 0. The summed E-state index contributed by atoms with van der Waals surface area (Å²) in [4.78, 5) is 9.44. The monoisotopic (exact) mass is 291 g/mol. The predicted molar refractivity (Wildman–Crippen MR) is 83.4 cm³/mol. The van der Waals surface area contributed by atoms with E-state index in [1.54, 1.807) is 0 Å². The van der Waals surface area contributed by atoms with Gasteiger partial charge in [0, 0.05) is 24.5 Å². The third kappa shape index (κ3) is 2.44. The van der Waals surface area contributed by atoms with E-state index in [0.717, 1.165) is 29.0 Å². The SMILES string of the molecule is Cc1cnc2c(c1)nc(CCCl)n2C1CCCCC1C. The number of nitrogens with zero attached hydrogens (tertiary/aromatic N) is 3. The number of aromatic nitrogens is 3. The molecule has 0 aromatic carbocycles. The zero-order valence-electron chi connectivity index (χ0n) is 12.3. The maximum atomic E-state index is 5.97. The second kappa shape index (κ2) is 5.72. The van der Waals surface area contributed by atoms with Crippen molar-refractivity contribution in [3.8, 4) is 0 Å². The first-order valence-electron chi connectivity index (χ1n) is 7.60. The first-order valence-corrected chi connectivity index (χ1v) is 8.13. The zero-order chi connectivity index (χ0) is 14.1. The van der Waals surface area contributed by atoms with Gasteiger partial charge in [0.05, 0.1) is 0 Å². The normalized spacial score (nSPS) is 23.4. The van der Waals surface area contributed by atoms with E-state index in [1.165, 1.54) is 25.7 Å². The van der Waals surface area contributed by atoms with Crippen molar-refractivity contribution in [1.82, 2.24) is 14.5 Å². The average molecular weight is 292 g/mol. The lowest BCUT2D eigenvalue weighted by Crippen LogP contribution is -2.23. The number of halogens is 1. The Labute approximate surface area is 125 Å². The molecule has 2 aromatic heterocycles. The molecule has 0 bridgehead atoms. The van der Waals surface area contributed by atoms with Crippen molar-refractivity contribution in [2.75, 3.05) is 5.88 Å². The van der Waals surface area contributed by atoms with Gasteiger partial charge in [-0.3, -0.25) is 0 Å². The summed E-state index contributed by atoms with van der Waals surface area (Å²) in [6.45, 7) is 4.42. The van der Waals surface area contributed by atoms with Gasteiger partial charge in [0.1, 0.15) is 11.3 Å². The van der Waals surface area contributed by atoms with Crippen LogP contribution in [0.2, 0.25) is 0 Å². The highest BCUT2D eigenvalue weighted by Crippen LogP contribution is 2.36. The molecule has 2 aromatic rings. The summed E-state index contributed by atoms with van der Waals surface area (Å²) in [5.41, 5.74) is 3.22. The predicted octanol–water partition coefficient (Wildman–Crippen LogP) is 4.27. The van der Waals surface area contributed by atoms with Crippen molar-refractivity contribution in [3.63, 3.8) is 0 Å². The van der Waals surface area contributed by atoms with Crippen LogP contribution in [0.4, 0.5) is 0 Å². The summed E-state index contributed by atoms with van der Waals surface area (Å²) in [5.74, 6) is 2.41.